The second-order valence-electron chi connectivity index (χ2n) is 4.08. The first-order valence-electron chi connectivity index (χ1n) is 6.04. The van der Waals surface area contributed by atoms with Gasteiger partial charge in [0.05, 0.1) is 17.2 Å². The Morgan fingerprint density at radius 1 is 1.21 bits per heavy atom. The summed E-state index contributed by atoms with van der Waals surface area (Å²) in [6.07, 6.45) is 0.930. The van der Waals surface area contributed by atoms with Crippen molar-refractivity contribution in [3.05, 3.63) is 65.2 Å². The van der Waals surface area contributed by atoms with Gasteiger partial charge in [0.2, 0.25) is 0 Å². The molecular formula is C16H13NO2. The third-order valence-electron chi connectivity index (χ3n) is 2.77. The summed E-state index contributed by atoms with van der Waals surface area (Å²) in [7, 11) is 0. The van der Waals surface area contributed by atoms with Crippen LogP contribution in [0.25, 0.3) is 0 Å². The molecule has 3 nitrogen and oxygen atoms in total. The maximum Gasteiger partial charge on any atom is 0.343 e. The third-order valence-corrected chi connectivity index (χ3v) is 2.77. The highest BCUT2D eigenvalue weighted by molar-refractivity contribution is 5.91. The number of carbonyl (C=O) groups is 1. The quantitative estimate of drug-likeness (QED) is 0.621. The zero-order valence-electron chi connectivity index (χ0n) is 10.6. The van der Waals surface area contributed by atoms with Crippen molar-refractivity contribution in [2.24, 2.45) is 0 Å². The Bertz CT molecular complexity index is 624. The Hall–Kier alpha value is -2.60. The van der Waals surface area contributed by atoms with Crippen LogP contribution in [0.2, 0.25) is 0 Å². The van der Waals surface area contributed by atoms with Crippen LogP contribution in [-0.2, 0) is 6.42 Å². The van der Waals surface area contributed by atoms with Crippen molar-refractivity contribution in [3.8, 4) is 11.8 Å². The maximum absolute atomic E-state index is 11.9. The first kappa shape index (κ1) is 12.8. The highest BCUT2D eigenvalue weighted by Crippen LogP contribution is 2.15. The van der Waals surface area contributed by atoms with Gasteiger partial charge in [0.1, 0.15) is 5.75 Å². The van der Waals surface area contributed by atoms with Crippen molar-refractivity contribution < 1.29 is 9.53 Å². The van der Waals surface area contributed by atoms with Gasteiger partial charge in [-0.25, -0.2) is 4.79 Å². The normalized spacial score (nSPS) is 9.68. The molecule has 0 aliphatic carbocycles. The molecule has 3 heteroatoms. The molecule has 94 valence electrons. The van der Waals surface area contributed by atoms with E-state index in [4.69, 9.17) is 10.00 Å². The van der Waals surface area contributed by atoms with Crippen LogP contribution in [-0.4, -0.2) is 5.97 Å². The van der Waals surface area contributed by atoms with Crippen LogP contribution in [0.1, 0.15) is 28.4 Å². The molecule has 0 radical (unpaired) electrons. The van der Waals surface area contributed by atoms with E-state index in [0.29, 0.717) is 16.9 Å². The SMILES string of the molecule is CCc1ccc(C(=O)Oc2cccc(C#N)c2)cc1. The topological polar surface area (TPSA) is 50.1 Å². The van der Waals surface area contributed by atoms with Crippen LogP contribution in [0.4, 0.5) is 0 Å². The predicted octanol–water partition coefficient (Wildman–Crippen LogP) is 3.34. The number of nitriles is 1. The van der Waals surface area contributed by atoms with Crippen LogP contribution in [0.15, 0.2) is 48.5 Å². The number of esters is 1. The number of ether oxygens (including phenoxy) is 1. The van der Waals surface area contributed by atoms with Gasteiger partial charge >= 0.3 is 5.97 Å². The number of rotatable bonds is 3. The van der Waals surface area contributed by atoms with E-state index in [1.54, 1.807) is 30.3 Å². The molecule has 0 heterocycles. The minimum absolute atomic E-state index is 0.378. The molecule has 0 spiro atoms. The van der Waals surface area contributed by atoms with Gasteiger partial charge in [-0.1, -0.05) is 25.1 Å². The number of aryl methyl sites for hydroxylation is 1. The largest absolute Gasteiger partial charge is 0.423 e. The fraction of sp³-hybridized carbons (Fsp3) is 0.125. The Kier molecular flexibility index (Phi) is 3.94. The van der Waals surface area contributed by atoms with Crippen molar-refractivity contribution in [2.75, 3.05) is 0 Å². The number of hydrogen-bond donors (Lipinski definition) is 0. The average molecular weight is 251 g/mol. The molecule has 0 unspecified atom stereocenters. The zero-order chi connectivity index (χ0) is 13.7. The molecular weight excluding hydrogens is 238 g/mol. The van der Waals surface area contributed by atoms with Crippen LogP contribution < -0.4 is 4.74 Å². The second-order valence-corrected chi connectivity index (χ2v) is 4.08. The first-order chi connectivity index (χ1) is 9.22. The van der Waals surface area contributed by atoms with Gasteiger partial charge in [-0.05, 0) is 42.3 Å². The Labute approximate surface area is 112 Å². The lowest BCUT2D eigenvalue weighted by Crippen LogP contribution is -2.08. The van der Waals surface area contributed by atoms with Gasteiger partial charge in [-0.3, -0.25) is 0 Å². The summed E-state index contributed by atoms with van der Waals surface area (Å²) in [6.45, 7) is 2.06. The van der Waals surface area contributed by atoms with E-state index in [1.807, 2.05) is 18.2 Å². The van der Waals surface area contributed by atoms with Gasteiger partial charge in [0.25, 0.3) is 0 Å². The molecule has 2 aromatic rings. The summed E-state index contributed by atoms with van der Waals surface area (Å²) in [5.74, 6) is -0.0404. The molecule has 2 rings (SSSR count). The molecule has 0 aliphatic rings. The summed E-state index contributed by atoms with van der Waals surface area (Å²) >= 11 is 0. The summed E-state index contributed by atoms with van der Waals surface area (Å²) in [6, 6.07) is 15.8. The minimum atomic E-state index is -0.419. The van der Waals surface area contributed by atoms with Crippen molar-refractivity contribution >= 4 is 5.97 Å². The molecule has 19 heavy (non-hydrogen) atoms. The molecule has 2 aromatic carbocycles. The van der Waals surface area contributed by atoms with Gasteiger partial charge in [0, 0.05) is 0 Å². The monoisotopic (exact) mass is 251 g/mol. The molecule has 0 aliphatic heterocycles. The van der Waals surface area contributed by atoms with E-state index in [-0.39, 0.29) is 0 Å². The van der Waals surface area contributed by atoms with Crippen molar-refractivity contribution in [1.29, 1.82) is 5.26 Å². The van der Waals surface area contributed by atoms with E-state index in [9.17, 15) is 4.79 Å². The number of benzene rings is 2. The Balaban J connectivity index is 2.13. The minimum Gasteiger partial charge on any atom is -0.423 e. The van der Waals surface area contributed by atoms with Gasteiger partial charge in [-0.2, -0.15) is 5.26 Å². The van der Waals surface area contributed by atoms with Crippen LogP contribution in [0, 0.1) is 11.3 Å². The van der Waals surface area contributed by atoms with E-state index in [1.165, 1.54) is 11.6 Å². The molecule has 0 aromatic heterocycles. The summed E-state index contributed by atoms with van der Waals surface area (Å²) in [5, 5.41) is 8.78. The standard InChI is InChI=1S/C16H13NO2/c1-2-12-6-8-14(9-7-12)16(18)19-15-5-3-4-13(10-15)11-17/h3-10H,2H2,1H3. The van der Waals surface area contributed by atoms with Crippen LogP contribution >= 0.6 is 0 Å². The number of nitrogens with zero attached hydrogens (tertiary/aromatic N) is 1. The molecule has 0 N–H and O–H groups in total. The number of carbonyl (C=O) groups excluding carboxylic acids is 1. The smallest absolute Gasteiger partial charge is 0.343 e. The van der Waals surface area contributed by atoms with Crippen molar-refractivity contribution in [2.45, 2.75) is 13.3 Å². The van der Waals surface area contributed by atoms with Gasteiger partial charge in [-0.15, -0.1) is 0 Å². The van der Waals surface area contributed by atoms with E-state index in [0.717, 1.165) is 6.42 Å². The summed E-state index contributed by atoms with van der Waals surface area (Å²) in [5.41, 5.74) is 2.13. The second kappa shape index (κ2) is 5.83. The van der Waals surface area contributed by atoms with Crippen molar-refractivity contribution in [1.82, 2.24) is 0 Å². The summed E-state index contributed by atoms with van der Waals surface area (Å²) in [4.78, 5) is 11.9. The fourth-order valence-electron chi connectivity index (χ4n) is 1.67. The maximum atomic E-state index is 11.9. The van der Waals surface area contributed by atoms with Gasteiger partial charge in [0.15, 0.2) is 0 Å². The predicted molar refractivity (Wildman–Crippen MR) is 71.9 cm³/mol. The van der Waals surface area contributed by atoms with Crippen molar-refractivity contribution in [3.63, 3.8) is 0 Å². The van der Waals surface area contributed by atoms with E-state index >= 15 is 0 Å². The lowest BCUT2D eigenvalue weighted by atomic mass is 10.1. The Morgan fingerprint density at radius 2 is 1.95 bits per heavy atom. The molecule has 0 saturated heterocycles. The Morgan fingerprint density at radius 3 is 2.58 bits per heavy atom. The number of hydrogen-bond acceptors (Lipinski definition) is 3. The third kappa shape index (κ3) is 3.20. The van der Waals surface area contributed by atoms with E-state index in [2.05, 4.69) is 6.92 Å². The van der Waals surface area contributed by atoms with Crippen LogP contribution in [0.3, 0.4) is 0 Å². The van der Waals surface area contributed by atoms with Crippen LogP contribution in [0.5, 0.6) is 5.75 Å². The first-order valence-corrected chi connectivity index (χ1v) is 6.04. The average Bonchev–Trinajstić information content (AvgIpc) is 2.47. The molecule has 0 fully saturated rings. The molecule has 0 saturated carbocycles. The van der Waals surface area contributed by atoms with Gasteiger partial charge < -0.3 is 4.74 Å². The lowest BCUT2D eigenvalue weighted by Gasteiger charge is -2.05. The molecule has 0 amide bonds. The lowest BCUT2D eigenvalue weighted by molar-refractivity contribution is 0.0735. The highest BCUT2D eigenvalue weighted by atomic mass is 16.5. The summed E-state index contributed by atoms with van der Waals surface area (Å²) < 4.78 is 5.23. The zero-order valence-corrected chi connectivity index (χ0v) is 10.6. The van der Waals surface area contributed by atoms with E-state index < -0.39 is 5.97 Å². The fourth-order valence-corrected chi connectivity index (χ4v) is 1.67. The molecule has 0 atom stereocenters. The molecule has 0 bridgehead atoms. The highest BCUT2D eigenvalue weighted by Gasteiger charge is 2.08.